The summed E-state index contributed by atoms with van der Waals surface area (Å²) in [5, 5.41) is 3.37. The van der Waals surface area contributed by atoms with E-state index in [1.165, 1.54) is 44.1 Å². The van der Waals surface area contributed by atoms with Gasteiger partial charge in [0, 0.05) is 12.5 Å². The van der Waals surface area contributed by atoms with E-state index in [-0.39, 0.29) is 11.3 Å². The highest BCUT2D eigenvalue weighted by Crippen LogP contribution is 2.67. The van der Waals surface area contributed by atoms with Crippen molar-refractivity contribution in [3.63, 3.8) is 0 Å². The number of carbonyl (C=O) groups excluding carboxylic acids is 1. The summed E-state index contributed by atoms with van der Waals surface area (Å²) in [4.78, 5) is 12.0. The van der Waals surface area contributed by atoms with Crippen molar-refractivity contribution in [2.75, 3.05) is 0 Å². The van der Waals surface area contributed by atoms with Crippen LogP contribution in [0.5, 0.6) is 0 Å². The molecule has 4 aliphatic rings. The molecule has 3 saturated carbocycles. The van der Waals surface area contributed by atoms with Crippen LogP contribution in [0, 0.1) is 28.6 Å². The van der Waals surface area contributed by atoms with Crippen LogP contribution in [0.1, 0.15) is 103 Å². The zero-order valence-electron chi connectivity index (χ0n) is 19.8. The third-order valence-corrected chi connectivity index (χ3v) is 10.3. The SMILES string of the molecule is CC(C)(C)c1ccc(C2CC[C@H]3[C@@H]4CCC5NC(=O)CC[C@]5(C)[C@@H]4CC[C@]23C)cc1. The van der Waals surface area contributed by atoms with Crippen LogP contribution in [0.2, 0.25) is 0 Å². The minimum Gasteiger partial charge on any atom is -0.353 e. The second-order valence-electron chi connectivity index (χ2n) is 12.6. The minimum atomic E-state index is 0.224. The molecule has 3 aliphatic carbocycles. The fourth-order valence-corrected chi connectivity index (χ4v) is 8.47. The zero-order valence-corrected chi connectivity index (χ0v) is 19.8. The van der Waals surface area contributed by atoms with E-state index in [0.717, 1.165) is 30.6 Å². The van der Waals surface area contributed by atoms with E-state index in [1.807, 2.05) is 0 Å². The molecule has 0 bridgehead atoms. The van der Waals surface area contributed by atoms with Crippen molar-refractivity contribution in [3.8, 4) is 0 Å². The van der Waals surface area contributed by atoms with Crippen LogP contribution >= 0.6 is 0 Å². The lowest BCUT2D eigenvalue weighted by molar-refractivity contribution is -0.136. The Morgan fingerprint density at radius 2 is 1.57 bits per heavy atom. The summed E-state index contributed by atoms with van der Waals surface area (Å²) in [6.07, 6.45) is 9.83. The van der Waals surface area contributed by atoms with Crippen LogP contribution in [0.4, 0.5) is 0 Å². The number of hydrogen-bond acceptors (Lipinski definition) is 1. The first-order valence-corrected chi connectivity index (χ1v) is 12.5. The molecule has 1 aliphatic heterocycles. The van der Waals surface area contributed by atoms with E-state index in [1.54, 1.807) is 5.56 Å². The van der Waals surface area contributed by atoms with Gasteiger partial charge in [-0.1, -0.05) is 58.9 Å². The number of rotatable bonds is 1. The quantitative estimate of drug-likeness (QED) is 0.559. The van der Waals surface area contributed by atoms with Crippen molar-refractivity contribution in [1.82, 2.24) is 5.32 Å². The van der Waals surface area contributed by atoms with Gasteiger partial charge in [-0.15, -0.1) is 0 Å². The van der Waals surface area contributed by atoms with Gasteiger partial charge in [0.05, 0.1) is 0 Å². The van der Waals surface area contributed by atoms with Gasteiger partial charge in [-0.3, -0.25) is 4.79 Å². The summed E-state index contributed by atoms with van der Waals surface area (Å²) >= 11 is 0. The maximum absolute atomic E-state index is 12.0. The van der Waals surface area contributed by atoms with E-state index < -0.39 is 0 Å². The Kier molecular flexibility index (Phi) is 4.70. The first-order valence-electron chi connectivity index (χ1n) is 12.5. The largest absolute Gasteiger partial charge is 0.353 e. The molecule has 164 valence electrons. The molecule has 1 amide bonds. The van der Waals surface area contributed by atoms with Crippen molar-refractivity contribution >= 4 is 5.91 Å². The molecule has 2 heteroatoms. The monoisotopic (exact) mass is 407 g/mol. The van der Waals surface area contributed by atoms with Gasteiger partial charge in [-0.2, -0.15) is 0 Å². The van der Waals surface area contributed by atoms with E-state index in [9.17, 15) is 4.79 Å². The molecule has 0 radical (unpaired) electrons. The van der Waals surface area contributed by atoms with Crippen molar-refractivity contribution in [3.05, 3.63) is 35.4 Å². The normalized spacial score (nSPS) is 43.4. The number of nitrogens with one attached hydrogen (secondary N) is 1. The van der Waals surface area contributed by atoms with E-state index in [0.29, 0.717) is 22.8 Å². The van der Waals surface area contributed by atoms with Gasteiger partial charge < -0.3 is 5.32 Å². The van der Waals surface area contributed by atoms with E-state index in [4.69, 9.17) is 0 Å². The van der Waals surface area contributed by atoms with Gasteiger partial charge in [0.25, 0.3) is 0 Å². The van der Waals surface area contributed by atoms with Crippen molar-refractivity contribution in [2.24, 2.45) is 28.6 Å². The van der Waals surface area contributed by atoms with Gasteiger partial charge in [0.2, 0.25) is 5.91 Å². The van der Waals surface area contributed by atoms with E-state index >= 15 is 0 Å². The maximum Gasteiger partial charge on any atom is 0.220 e. The van der Waals surface area contributed by atoms with Gasteiger partial charge in [0.1, 0.15) is 0 Å². The fraction of sp³-hybridized carbons (Fsp3) is 0.750. The average molecular weight is 408 g/mol. The predicted octanol–water partition coefficient (Wildman–Crippen LogP) is 6.59. The lowest BCUT2D eigenvalue weighted by atomic mass is 9.47. The summed E-state index contributed by atoms with van der Waals surface area (Å²) < 4.78 is 0. The third-order valence-electron chi connectivity index (χ3n) is 10.3. The second-order valence-corrected chi connectivity index (χ2v) is 12.6. The highest BCUT2D eigenvalue weighted by Gasteiger charge is 2.60. The van der Waals surface area contributed by atoms with Gasteiger partial charge in [-0.25, -0.2) is 0 Å². The van der Waals surface area contributed by atoms with Crippen molar-refractivity contribution in [1.29, 1.82) is 0 Å². The van der Waals surface area contributed by atoms with Crippen LogP contribution in [0.25, 0.3) is 0 Å². The summed E-state index contributed by atoms with van der Waals surface area (Å²) in [7, 11) is 0. The number of hydrogen-bond donors (Lipinski definition) is 1. The topological polar surface area (TPSA) is 29.1 Å². The maximum atomic E-state index is 12.0. The number of piperidine rings is 1. The zero-order chi connectivity index (χ0) is 21.3. The molecule has 30 heavy (non-hydrogen) atoms. The Hall–Kier alpha value is -1.31. The van der Waals surface area contributed by atoms with Gasteiger partial charge in [-0.05, 0) is 96.0 Å². The standard InChI is InChI=1S/C28H41NO/c1-26(2,3)19-8-6-18(7-9-19)21-11-12-22-20-10-13-24-28(5,17-15-25(30)29-24)23(20)14-16-27(21,22)4/h6-9,20-24H,10-17H2,1-5H3,(H,29,30)/t20-,21?,22-,23+,24?,27+,28+/m0/s1. The molecule has 7 atom stereocenters. The Bertz CT molecular complexity index is 820. The first kappa shape index (κ1) is 20.6. The Morgan fingerprint density at radius 3 is 2.27 bits per heavy atom. The molecule has 0 spiro atoms. The summed E-state index contributed by atoms with van der Waals surface area (Å²) in [6, 6.07) is 10.1. The molecule has 1 heterocycles. The Morgan fingerprint density at radius 1 is 0.867 bits per heavy atom. The van der Waals surface area contributed by atoms with Crippen LogP contribution in [-0.4, -0.2) is 11.9 Å². The Balaban J connectivity index is 1.40. The molecule has 2 nitrogen and oxygen atoms in total. The molecule has 2 unspecified atom stereocenters. The van der Waals surface area contributed by atoms with E-state index in [2.05, 4.69) is 64.2 Å². The predicted molar refractivity (Wildman–Crippen MR) is 123 cm³/mol. The van der Waals surface area contributed by atoms with Crippen LogP contribution in [0.15, 0.2) is 24.3 Å². The molecular weight excluding hydrogens is 366 g/mol. The van der Waals surface area contributed by atoms with Crippen molar-refractivity contribution < 1.29 is 4.79 Å². The second kappa shape index (κ2) is 6.84. The highest BCUT2D eigenvalue weighted by molar-refractivity contribution is 5.77. The van der Waals surface area contributed by atoms with Crippen LogP contribution < -0.4 is 5.32 Å². The lowest BCUT2D eigenvalue weighted by Gasteiger charge is -2.60. The summed E-state index contributed by atoms with van der Waals surface area (Å²) in [5.74, 6) is 3.53. The van der Waals surface area contributed by atoms with Gasteiger partial charge >= 0.3 is 0 Å². The van der Waals surface area contributed by atoms with Crippen LogP contribution in [0.3, 0.4) is 0 Å². The molecule has 1 aromatic rings. The molecule has 5 rings (SSSR count). The summed E-state index contributed by atoms with van der Waals surface area (Å²) in [6.45, 7) is 12.1. The first-order chi connectivity index (χ1) is 14.1. The summed E-state index contributed by atoms with van der Waals surface area (Å²) in [5.41, 5.74) is 4.02. The Labute approximate surface area is 183 Å². The third kappa shape index (κ3) is 3.00. The average Bonchev–Trinajstić information content (AvgIpc) is 3.05. The number of carbonyl (C=O) groups is 1. The number of benzene rings is 1. The molecule has 1 aromatic carbocycles. The molecule has 4 fully saturated rings. The smallest absolute Gasteiger partial charge is 0.220 e. The fourth-order valence-electron chi connectivity index (χ4n) is 8.47. The minimum absolute atomic E-state index is 0.224. The van der Waals surface area contributed by atoms with Gasteiger partial charge in [0.15, 0.2) is 0 Å². The molecule has 1 N–H and O–H groups in total. The molecule has 0 aromatic heterocycles. The number of fused-ring (bicyclic) bond motifs is 5. The van der Waals surface area contributed by atoms with Crippen molar-refractivity contribution in [2.45, 2.75) is 103 Å². The number of amides is 1. The highest BCUT2D eigenvalue weighted by atomic mass is 16.1. The van der Waals surface area contributed by atoms with Crippen LogP contribution in [-0.2, 0) is 10.2 Å². The molecule has 1 saturated heterocycles. The molecular formula is C28H41NO. The lowest BCUT2D eigenvalue weighted by Crippen LogP contribution is -2.60.